The summed E-state index contributed by atoms with van der Waals surface area (Å²) in [6.45, 7) is 6.89. The van der Waals surface area contributed by atoms with E-state index in [-0.39, 0.29) is 5.91 Å². The first-order valence-corrected chi connectivity index (χ1v) is 10.2. The van der Waals surface area contributed by atoms with Crippen molar-refractivity contribution in [3.8, 4) is 5.75 Å². The smallest absolute Gasteiger partial charge is 0.263 e. The Balaban J connectivity index is 1.65. The maximum atomic E-state index is 12.8. The molecule has 0 aliphatic carbocycles. The number of nitrogens with zero attached hydrogens (tertiary/aromatic N) is 3. The highest BCUT2D eigenvalue weighted by atomic mass is 35.5. The van der Waals surface area contributed by atoms with E-state index in [0.29, 0.717) is 28.8 Å². The first-order chi connectivity index (χ1) is 13.3. The molecule has 0 saturated carbocycles. The molecule has 2 aromatic heterocycles. The number of aromatic nitrogens is 2. The Morgan fingerprint density at radius 2 is 2.04 bits per heavy atom. The average molecular weight is 418 g/mol. The summed E-state index contributed by atoms with van der Waals surface area (Å²) in [7, 11) is 3.73. The fourth-order valence-corrected chi connectivity index (χ4v) is 4.05. The molecule has 0 aliphatic rings. The second-order valence-corrected chi connectivity index (χ2v) is 8.29. The number of amides is 1. The van der Waals surface area contributed by atoms with Crippen molar-refractivity contribution in [3.63, 3.8) is 0 Å². The van der Waals surface area contributed by atoms with Gasteiger partial charge in [0.2, 0.25) is 0 Å². The van der Waals surface area contributed by atoms with Crippen LogP contribution in [0, 0.1) is 20.8 Å². The lowest BCUT2D eigenvalue weighted by atomic mass is 10.2. The van der Waals surface area contributed by atoms with E-state index in [0.717, 1.165) is 28.1 Å². The molecule has 0 N–H and O–H groups in total. The lowest BCUT2D eigenvalue weighted by Gasteiger charge is -2.16. The van der Waals surface area contributed by atoms with Crippen molar-refractivity contribution in [1.29, 1.82) is 0 Å². The Labute approximate surface area is 174 Å². The molecule has 7 heteroatoms. The first-order valence-electron chi connectivity index (χ1n) is 8.97. The van der Waals surface area contributed by atoms with Crippen molar-refractivity contribution in [3.05, 3.63) is 67.6 Å². The third kappa shape index (κ3) is 4.39. The zero-order valence-electron chi connectivity index (χ0n) is 16.7. The molecular formula is C21H24ClN3O2S. The van der Waals surface area contributed by atoms with E-state index in [2.05, 4.69) is 5.10 Å². The van der Waals surface area contributed by atoms with E-state index in [1.165, 1.54) is 11.3 Å². The molecule has 3 aromatic rings. The van der Waals surface area contributed by atoms with Crippen LogP contribution in [0.4, 0.5) is 0 Å². The molecule has 0 spiro atoms. The Morgan fingerprint density at radius 3 is 2.71 bits per heavy atom. The Bertz CT molecular complexity index is 1010. The van der Waals surface area contributed by atoms with E-state index in [9.17, 15) is 4.79 Å². The molecule has 2 heterocycles. The average Bonchev–Trinajstić information content (AvgIpc) is 3.22. The molecule has 0 unspecified atom stereocenters. The predicted molar refractivity (Wildman–Crippen MR) is 113 cm³/mol. The van der Waals surface area contributed by atoms with Gasteiger partial charge in [-0.2, -0.15) is 5.10 Å². The van der Waals surface area contributed by atoms with Gasteiger partial charge in [-0.15, -0.1) is 11.3 Å². The summed E-state index contributed by atoms with van der Waals surface area (Å²) in [5.74, 6) is 0.646. The second kappa shape index (κ2) is 8.37. The zero-order chi connectivity index (χ0) is 20.4. The molecule has 0 fully saturated rings. The lowest BCUT2D eigenvalue weighted by Crippen LogP contribution is -2.26. The van der Waals surface area contributed by atoms with Crippen LogP contribution < -0.4 is 4.74 Å². The van der Waals surface area contributed by atoms with Crippen molar-refractivity contribution in [2.75, 3.05) is 7.05 Å². The minimum atomic E-state index is -0.00695. The van der Waals surface area contributed by atoms with E-state index >= 15 is 0 Å². The van der Waals surface area contributed by atoms with Gasteiger partial charge in [0.05, 0.1) is 15.6 Å². The van der Waals surface area contributed by atoms with Gasteiger partial charge in [0.1, 0.15) is 12.4 Å². The number of hydrogen-bond acceptors (Lipinski definition) is 4. The largest absolute Gasteiger partial charge is 0.487 e. The van der Waals surface area contributed by atoms with Gasteiger partial charge < -0.3 is 9.64 Å². The van der Waals surface area contributed by atoms with Crippen LogP contribution in [-0.2, 0) is 20.2 Å². The predicted octanol–water partition coefficient (Wildman–Crippen LogP) is 4.91. The first kappa shape index (κ1) is 20.4. The van der Waals surface area contributed by atoms with E-state index < -0.39 is 0 Å². The van der Waals surface area contributed by atoms with Crippen LogP contribution in [0.1, 0.15) is 37.7 Å². The maximum Gasteiger partial charge on any atom is 0.263 e. The van der Waals surface area contributed by atoms with Crippen molar-refractivity contribution in [1.82, 2.24) is 14.7 Å². The third-order valence-corrected chi connectivity index (χ3v) is 6.03. The van der Waals surface area contributed by atoms with Crippen LogP contribution in [0.2, 0.25) is 5.02 Å². The van der Waals surface area contributed by atoms with E-state index in [1.807, 2.05) is 69.2 Å². The summed E-state index contributed by atoms with van der Waals surface area (Å²) < 4.78 is 7.67. The van der Waals surface area contributed by atoms with Crippen LogP contribution in [0.25, 0.3) is 0 Å². The summed E-state index contributed by atoms with van der Waals surface area (Å²) >= 11 is 7.60. The van der Waals surface area contributed by atoms with Gasteiger partial charge in [-0.05, 0) is 49.9 Å². The molecule has 5 nitrogen and oxygen atoms in total. The number of hydrogen-bond donors (Lipinski definition) is 0. The Hall–Kier alpha value is -2.31. The van der Waals surface area contributed by atoms with Gasteiger partial charge in [-0.3, -0.25) is 9.48 Å². The van der Waals surface area contributed by atoms with Crippen LogP contribution in [0.5, 0.6) is 5.75 Å². The summed E-state index contributed by atoms with van der Waals surface area (Å²) in [6, 6.07) is 7.56. The van der Waals surface area contributed by atoms with Gasteiger partial charge in [0.25, 0.3) is 5.91 Å². The standard InChI is InChI=1S/C21H24ClN3O2S/c1-13-6-7-18(22)19(8-13)27-11-16-9-20(28-12-16)21(26)24(4)10-17-14(2)23-25(5)15(17)3/h6-9,12H,10-11H2,1-5H3. The summed E-state index contributed by atoms with van der Waals surface area (Å²) in [4.78, 5) is 15.2. The summed E-state index contributed by atoms with van der Waals surface area (Å²) in [5, 5.41) is 6.95. The fraction of sp³-hybridized carbons (Fsp3) is 0.333. The van der Waals surface area contributed by atoms with Crippen molar-refractivity contribution in [2.24, 2.45) is 7.05 Å². The highest BCUT2D eigenvalue weighted by molar-refractivity contribution is 7.12. The van der Waals surface area contributed by atoms with Crippen LogP contribution in [-0.4, -0.2) is 27.6 Å². The fourth-order valence-electron chi connectivity index (χ4n) is 2.99. The summed E-state index contributed by atoms with van der Waals surface area (Å²) in [6.07, 6.45) is 0. The lowest BCUT2D eigenvalue weighted by molar-refractivity contribution is 0.0789. The second-order valence-electron chi connectivity index (χ2n) is 6.98. The Morgan fingerprint density at radius 1 is 1.29 bits per heavy atom. The molecule has 0 radical (unpaired) electrons. The van der Waals surface area contributed by atoms with Gasteiger partial charge in [-0.25, -0.2) is 0 Å². The van der Waals surface area contributed by atoms with Crippen molar-refractivity contribution in [2.45, 2.75) is 33.9 Å². The van der Waals surface area contributed by atoms with Crippen LogP contribution in [0.15, 0.2) is 29.6 Å². The minimum absolute atomic E-state index is 0.00695. The molecule has 3 rings (SSSR count). The molecule has 148 valence electrons. The van der Waals surface area contributed by atoms with E-state index in [4.69, 9.17) is 16.3 Å². The topological polar surface area (TPSA) is 47.4 Å². The van der Waals surface area contributed by atoms with E-state index in [1.54, 1.807) is 4.90 Å². The number of carbonyl (C=O) groups excluding carboxylic acids is 1. The highest BCUT2D eigenvalue weighted by Gasteiger charge is 2.18. The normalized spacial score (nSPS) is 10.9. The molecule has 0 bridgehead atoms. The zero-order valence-corrected chi connectivity index (χ0v) is 18.3. The van der Waals surface area contributed by atoms with Gasteiger partial charge >= 0.3 is 0 Å². The SMILES string of the molecule is Cc1ccc(Cl)c(OCc2csc(C(=O)N(C)Cc3c(C)nn(C)c3C)c2)c1. The van der Waals surface area contributed by atoms with Crippen LogP contribution in [0.3, 0.4) is 0 Å². The summed E-state index contributed by atoms with van der Waals surface area (Å²) in [5.41, 5.74) is 5.16. The number of thiophene rings is 1. The monoisotopic (exact) mass is 417 g/mol. The molecule has 1 amide bonds. The number of halogens is 1. The van der Waals surface area contributed by atoms with Gasteiger partial charge in [0.15, 0.2) is 0 Å². The number of rotatable bonds is 6. The van der Waals surface area contributed by atoms with Crippen molar-refractivity contribution >= 4 is 28.8 Å². The molecule has 0 aliphatic heterocycles. The Kier molecular flexibility index (Phi) is 6.10. The molecule has 1 aromatic carbocycles. The minimum Gasteiger partial charge on any atom is -0.487 e. The molecule has 28 heavy (non-hydrogen) atoms. The quantitative estimate of drug-likeness (QED) is 0.572. The van der Waals surface area contributed by atoms with Gasteiger partial charge in [-0.1, -0.05) is 17.7 Å². The van der Waals surface area contributed by atoms with Crippen molar-refractivity contribution < 1.29 is 9.53 Å². The number of benzene rings is 1. The highest BCUT2D eigenvalue weighted by Crippen LogP contribution is 2.27. The number of carbonyl (C=O) groups is 1. The third-order valence-electron chi connectivity index (χ3n) is 4.75. The molecular weight excluding hydrogens is 394 g/mol. The number of ether oxygens (including phenoxy) is 1. The maximum absolute atomic E-state index is 12.8. The van der Waals surface area contributed by atoms with Crippen LogP contribution >= 0.6 is 22.9 Å². The van der Waals surface area contributed by atoms with Gasteiger partial charge in [0, 0.05) is 37.5 Å². The molecule has 0 atom stereocenters. The molecule has 0 saturated heterocycles. The number of aryl methyl sites for hydroxylation is 3.